The zero-order valence-corrected chi connectivity index (χ0v) is 14.1. The molecule has 3 aromatic rings. The van der Waals surface area contributed by atoms with Crippen molar-refractivity contribution in [2.45, 2.75) is 25.4 Å². The van der Waals surface area contributed by atoms with Crippen LogP contribution in [-0.2, 0) is 6.54 Å². The monoisotopic (exact) mass is 334 g/mol. The first-order chi connectivity index (χ1) is 12.3. The molecule has 1 aliphatic rings. The molecule has 0 spiro atoms. The molecule has 1 saturated heterocycles. The Bertz CT molecular complexity index is 898. The molecule has 0 unspecified atom stereocenters. The molecule has 0 bridgehead atoms. The van der Waals surface area contributed by atoms with Crippen LogP contribution in [-0.4, -0.2) is 29.3 Å². The highest BCUT2D eigenvalue weighted by atomic mass is 16.1. The molecule has 25 heavy (non-hydrogen) atoms. The van der Waals surface area contributed by atoms with Gasteiger partial charge in [0, 0.05) is 31.1 Å². The molecule has 0 saturated carbocycles. The molecular weight excluding hydrogens is 312 g/mol. The quantitative estimate of drug-likeness (QED) is 0.770. The molecule has 2 N–H and O–H groups in total. The smallest absolute Gasteiger partial charge is 0.272 e. The molecule has 0 atom stereocenters. The maximum absolute atomic E-state index is 11.9. The minimum absolute atomic E-state index is 0.126. The van der Waals surface area contributed by atoms with Gasteiger partial charge >= 0.3 is 0 Å². The lowest BCUT2D eigenvalue weighted by Crippen LogP contribution is -2.42. The summed E-state index contributed by atoms with van der Waals surface area (Å²) in [6, 6.07) is 18.7. The van der Waals surface area contributed by atoms with Crippen molar-refractivity contribution in [3.63, 3.8) is 0 Å². The fraction of sp³-hybridized carbons (Fsp3) is 0.300. The fourth-order valence-corrected chi connectivity index (χ4v) is 3.49. The van der Waals surface area contributed by atoms with Crippen LogP contribution >= 0.6 is 0 Å². The van der Waals surface area contributed by atoms with Crippen molar-refractivity contribution in [2.75, 3.05) is 18.0 Å². The number of fused-ring (bicyclic) bond motifs is 1. The minimum atomic E-state index is -0.126. The first-order valence-electron chi connectivity index (χ1n) is 8.81. The van der Waals surface area contributed by atoms with Crippen LogP contribution in [0.25, 0.3) is 10.8 Å². The van der Waals surface area contributed by atoms with Crippen LogP contribution < -0.4 is 15.8 Å². The van der Waals surface area contributed by atoms with Gasteiger partial charge in [-0.15, -0.1) is 0 Å². The second kappa shape index (κ2) is 7.07. The maximum Gasteiger partial charge on any atom is 0.272 e. The van der Waals surface area contributed by atoms with Crippen molar-refractivity contribution in [3.05, 3.63) is 70.5 Å². The van der Waals surface area contributed by atoms with Crippen LogP contribution in [0.15, 0.2) is 59.4 Å². The lowest BCUT2D eigenvalue weighted by Gasteiger charge is -2.33. The molecule has 1 aromatic heterocycles. The number of nitrogens with zero attached hydrogens (tertiary/aromatic N) is 2. The number of rotatable bonds is 4. The number of benzene rings is 2. The van der Waals surface area contributed by atoms with E-state index in [2.05, 4.69) is 44.7 Å². The zero-order chi connectivity index (χ0) is 17.1. The molecule has 2 heterocycles. The van der Waals surface area contributed by atoms with Crippen LogP contribution in [0.5, 0.6) is 0 Å². The SMILES string of the molecule is O=c1[nH]nc(N2CCC(NCc3ccccc3)CC2)c2ccccc12. The van der Waals surface area contributed by atoms with Gasteiger partial charge in [-0.3, -0.25) is 4.79 Å². The summed E-state index contributed by atoms with van der Waals surface area (Å²) in [6.45, 7) is 2.79. The van der Waals surface area contributed by atoms with E-state index in [0.717, 1.165) is 43.7 Å². The van der Waals surface area contributed by atoms with Gasteiger partial charge < -0.3 is 10.2 Å². The van der Waals surface area contributed by atoms with E-state index in [9.17, 15) is 4.79 Å². The van der Waals surface area contributed by atoms with Crippen molar-refractivity contribution in [2.24, 2.45) is 0 Å². The average molecular weight is 334 g/mol. The van der Waals surface area contributed by atoms with Gasteiger partial charge in [0.2, 0.25) is 0 Å². The Morgan fingerprint density at radius 1 is 1.00 bits per heavy atom. The first kappa shape index (κ1) is 15.8. The van der Waals surface area contributed by atoms with Crippen LogP contribution in [0.3, 0.4) is 0 Å². The second-order valence-electron chi connectivity index (χ2n) is 6.55. The van der Waals surface area contributed by atoms with Gasteiger partial charge in [-0.25, -0.2) is 5.10 Å². The Morgan fingerprint density at radius 2 is 1.68 bits per heavy atom. The van der Waals surface area contributed by atoms with Crippen LogP contribution in [0.4, 0.5) is 5.82 Å². The standard InChI is InChI=1S/C20H22N4O/c25-20-18-9-5-4-8-17(18)19(22-23-20)24-12-10-16(11-13-24)21-14-15-6-2-1-3-7-15/h1-9,16,21H,10-14H2,(H,23,25). The molecule has 1 aliphatic heterocycles. The van der Waals surface area contributed by atoms with Gasteiger partial charge in [0.15, 0.2) is 5.82 Å². The summed E-state index contributed by atoms with van der Waals surface area (Å²) in [5.74, 6) is 0.886. The largest absolute Gasteiger partial charge is 0.355 e. The number of aromatic amines is 1. The Hall–Kier alpha value is -2.66. The summed E-state index contributed by atoms with van der Waals surface area (Å²) in [5, 5.41) is 12.2. The molecule has 1 fully saturated rings. The van der Waals surface area contributed by atoms with Gasteiger partial charge in [-0.2, -0.15) is 5.10 Å². The van der Waals surface area contributed by atoms with Crippen molar-refractivity contribution in [1.82, 2.24) is 15.5 Å². The highest BCUT2D eigenvalue weighted by Crippen LogP contribution is 2.24. The summed E-state index contributed by atoms with van der Waals surface area (Å²) in [4.78, 5) is 14.2. The summed E-state index contributed by atoms with van der Waals surface area (Å²) >= 11 is 0. The Balaban J connectivity index is 1.42. The summed E-state index contributed by atoms with van der Waals surface area (Å²) < 4.78 is 0. The third kappa shape index (κ3) is 3.42. The van der Waals surface area contributed by atoms with E-state index in [1.54, 1.807) is 0 Å². The number of H-pyrrole nitrogens is 1. The minimum Gasteiger partial charge on any atom is -0.355 e. The van der Waals surface area contributed by atoms with Gasteiger partial charge in [-0.1, -0.05) is 48.5 Å². The van der Waals surface area contributed by atoms with E-state index in [0.29, 0.717) is 11.4 Å². The van der Waals surface area contributed by atoms with Crippen molar-refractivity contribution in [1.29, 1.82) is 0 Å². The number of nitrogens with one attached hydrogen (secondary N) is 2. The normalized spacial score (nSPS) is 15.6. The third-order valence-electron chi connectivity index (χ3n) is 4.91. The van der Waals surface area contributed by atoms with Crippen molar-refractivity contribution >= 4 is 16.6 Å². The average Bonchev–Trinajstić information content (AvgIpc) is 2.68. The summed E-state index contributed by atoms with van der Waals surface area (Å²) in [5.41, 5.74) is 1.19. The molecular formula is C20H22N4O. The highest BCUT2D eigenvalue weighted by molar-refractivity contribution is 5.91. The Morgan fingerprint density at radius 3 is 2.44 bits per heavy atom. The summed E-state index contributed by atoms with van der Waals surface area (Å²) in [6.07, 6.45) is 2.14. The molecule has 128 valence electrons. The molecule has 0 aliphatic carbocycles. The number of hydrogen-bond acceptors (Lipinski definition) is 4. The van der Waals surface area contributed by atoms with E-state index in [1.807, 2.05) is 30.3 Å². The van der Waals surface area contributed by atoms with Gasteiger partial charge in [0.05, 0.1) is 5.39 Å². The molecule has 4 rings (SSSR count). The zero-order valence-electron chi connectivity index (χ0n) is 14.1. The molecule has 2 aromatic carbocycles. The molecule has 5 nitrogen and oxygen atoms in total. The second-order valence-corrected chi connectivity index (χ2v) is 6.55. The fourth-order valence-electron chi connectivity index (χ4n) is 3.49. The maximum atomic E-state index is 11.9. The van der Waals surface area contributed by atoms with Crippen LogP contribution in [0.1, 0.15) is 18.4 Å². The van der Waals surface area contributed by atoms with Crippen molar-refractivity contribution < 1.29 is 0 Å². The van der Waals surface area contributed by atoms with E-state index in [4.69, 9.17) is 0 Å². The van der Waals surface area contributed by atoms with E-state index < -0.39 is 0 Å². The van der Waals surface area contributed by atoms with Gasteiger partial charge in [0.25, 0.3) is 5.56 Å². The van der Waals surface area contributed by atoms with E-state index in [-0.39, 0.29) is 5.56 Å². The van der Waals surface area contributed by atoms with Crippen LogP contribution in [0, 0.1) is 0 Å². The van der Waals surface area contributed by atoms with Crippen molar-refractivity contribution in [3.8, 4) is 0 Å². The topological polar surface area (TPSA) is 61.0 Å². The van der Waals surface area contributed by atoms with Gasteiger partial charge in [-0.05, 0) is 24.5 Å². The number of piperidine rings is 1. The predicted octanol–water partition coefficient (Wildman–Crippen LogP) is 2.68. The summed E-state index contributed by atoms with van der Waals surface area (Å²) in [7, 11) is 0. The molecule has 0 radical (unpaired) electrons. The lowest BCUT2D eigenvalue weighted by molar-refractivity contribution is 0.412. The number of aromatic nitrogens is 2. The number of hydrogen-bond donors (Lipinski definition) is 2. The van der Waals surface area contributed by atoms with Crippen LogP contribution in [0.2, 0.25) is 0 Å². The van der Waals surface area contributed by atoms with Gasteiger partial charge in [0.1, 0.15) is 0 Å². The molecule has 5 heteroatoms. The highest BCUT2D eigenvalue weighted by Gasteiger charge is 2.21. The third-order valence-corrected chi connectivity index (χ3v) is 4.91. The Kier molecular flexibility index (Phi) is 4.48. The van der Waals surface area contributed by atoms with E-state index >= 15 is 0 Å². The molecule has 0 amide bonds. The lowest BCUT2D eigenvalue weighted by atomic mass is 10.0. The Labute approximate surface area is 146 Å². The first-order valence-corrected chi connectivity index (χ1v) is 8.81. The predicted molar refractivity (Wildman–Crippen MR) is 101 cm³/mol. The van der Waals surface area contributed by atoms with E-state index in [1.165, 1.54) is 5.56 Å². The number of anilines is 1.